The summed E-state index contributed by atoms with van der Waals surface area (Å²) in [4.78, 5) is 24.8. The lowest BCUT2D eigenvalue weighted by molar-refractivity contribution is -0.117. The van der Waals surface area contributed by atoms with Crippen LogP contribution in [0.1, 0.15) is 22.3 Å². The van der Waals surface area contributed by atoms with Crippen LogP contribution in [0.4, 0.5) is 5.69 Å². The predicted molar refractivity (Wildman–Crippen MR) is 72.2 cm³/mol. The van der Waals surface area contributed by atoms with Crippen LogP contribution >= 0.6 is 12.6 Å². The van der Waals surface area contributed by atoms with E-state index in [4.69, 9.17) is 5.26 Å². The quantitative estimate of drug-likeness (QED) is 0.654. The van der Waals surface area contributed by atoms with Gasteiger partial charge in [-0.1, -0.05) is 0 Å². The van der Waals surface area contributed by atoms with E-state index < -0.39 is 5.97 Å². The number of nitrogens with zero attached hydrogens (tertiary/aromatic N) is 2. The van der Waals surface area contributed by atoms with Crippen LogP contribution in [0.2, 0.25) is 0 Å². The number of hydrogen-bond acceptors (Lipinski definition) is 5. The van der Waals surface area contributed by atoms with Crippen molar-refractivity contribution in [3.8, 4) is 6.07 Å². The molecular formula is C13H12N2O3S. The fourth-order valence-corrected chi connectivity index (χ4v) is 2.34. The molecule has 2 rings (SSSR count). The van der Waals surface area contributed by atoms with Crippen molar-refractivity contribution in [2.75, 3.05) is 18.6 Å². The largest absolute Gasteiger partial charge is 0.465 e. The van der Waals surface area contributed by atoms with Gasteiger partial charge in [-0.25, -0.2) is 4.79 Å². The van der Waals surface area contributed by atoms with Crippen molar-refractivity contribution in [1.82, 2.24) is 0 Å². The molecule has 5 nitrogen and oxygen atoms in total. The van der Waals surface area contributed by atoms with Gasteiger partial charge in [-0.2, -0.15) is 17.9 Å². The second-order valence-corrected chi connectivity index (χ2v) is 4.93. The molecule has 1 heterocycles. The van der Waals surface area contributed by atoms with Crippen LogP contribution < -0.4 is 4.90 Å². The average molecular weight is 276 g/mol. The maximum atomic E-state index is 11.8. The zero-order valence-electron chi connectivity index (χ0n) is 10.3. The highest BCUT2D eigenvalue weighted by Gasteiger charge is 2.29. The number of carbonyl (C=O) groups is 2. The number of amides is 1. The highest BCUT2D eigenvalue weighted by Crippen LogP contribution is 2.26. The number of rotatable bonds is 2. The number of benzene rings is 1. The molecule has 0 aromatic heterocycles. The first-order valence-corrected chi connectivity index (χ1v) is 6.19. The minimum atomic E-state index is -0.567. The zero-order chi connectivity index (χ0) is 14.0. The SMILES string of the molecule is COC(=O)c1ccc(N2CC(S)CC2=O)cc1C#N. The molecule has 1 fully saturated rings. The molecule has 1 aromatic carbocycles. The number of ether oxygens (including phenoxy) is 1. The first-order valence-electron chi connectivity index (χ1n) is 5.67. The lowest BCUT2D eigenvalue weighted by atomic mass is 10.1. The Morgan fingerprint density at radius 3 is 2.84 bits per heavy atom. The van der Waals surface area contributed by atoms with Crippen molar-refractivity contribution < 1.29 is 14.3 Å². The number of hydrogen-bond donors (Lipinski definition) is 1. The lowest BCUT2D eigenvalue weighted by Gasteiger charge is -2.16. The van der Waals surface area contributed by atoms with Gasteiger partial charge in [0.15, 0.2) is 0 Å². The number of nitriles is 1. The highest BCUT2D eigenvalue weighted by molar-refractivity contribution is 7.81. The topological polar surface area (TPSA) is 70.4 Å². The number of carbonyl (C=O) groups excluding carboxylic acids is 2. The molecular weight excluding hydrogens is 264 g/mol. The standard InChI is InChI=1S/C13H12N2O3S/c1-18-13(17)11-3-2-9(4-8(11)6-14)15-7-10(19)5-12(15)16/h2-4,10,19H,5,7H2,1H3. The van der Waals surface area contributed by atoms with Crippen LogP contribution in [0, 0.1) is 11.3 Å². The van der Waals surface area contributed by atoms with Crippen molar-refractivity contribution >= 4 is 30.2 Å². The summed E-state index contributed by atoms with van der Waals surface area (Å²) < 4.78 is 4.60. The molecule has 1 aliphatic rings. The van der Waals surface area contributed by atoms with E-state index in [1.165, 1.54) is 19.2 Å². The maximum Gasteiger partial charge on any atom is 0.339 e. The Morgan fingerprint density at radius 2 is 2.32 bits per heavy atom. The third-order valence-electron chi connectivity index (χ3n) is 2.95. The third-order valence-corrected chi connectivity index (χ3v) is 3.29. The fourth-order valence-electron chi connectivity index (χ4n) is 2.02. The maximum absolute atomic E-state index is 11.8. The molecule has 1 saturated heterocycles. The molecule has 6 heteroatoms. The molecule has 1 atom stereocenters. The van der Waals surface area contributed by atoms with Gasteiger partial charge in [0.05, 0.1) is 18.2 Å². The molecule has 0 bridgehead atoms. The smallest absolute Gasteiger partial charge is 0.339 e. The molecule has 19 heavy (non-hydrogen) atoms. The summed E-state index contributed by atoms with van der Waals surface area (Å²) in [6, 6.07) is 6.60. The van der Waals surface area contributed by atoms with Crippen LogP contribution in [0.5, 0.6) is 0 Å². The molecule has 0 N–H and O–H groups in total. The normalized spacial score (nSPS) is 18.3. The van der Waals surface area contributed by atoms with Crippen LogP contribution in [0.3, 0.4) is 0 Å². The van der Waals surface area contributed by atoms with Crippen molar-refractivity contribution in [1.29, 1.82) is 5.26 Å². The summed E-state index contributed by atoms with van der Waals surface area (Å²) in [5.41, 5.74) is 0.994. The van der Waals surface area contributed by atoms with Crippen molar-refractivity contribution in [3.63, 3.8) is 0 Å². The molecule has 98 valence electrons. The minimum absolute atomic E-state index is 0.00156. The van der Waals surface area contributed by atoms with E-state index in [0.29, 0.717) is 18.7 Å². The summed E-state index contributed by atoms with van der Waals surface area (Å²) in [6.07, 6.45) is 0.379. The number of anilines is 1. The molecule has 1 amide bonds. The van der Waals surface area contributed by atoms with Gasteiger partial charge in [-0.15, -0.1) is 0 Å². The fraction of sp³-hybridized carbons (Fsp3) is 0.308. The summed E-state index contributed by atoms with van der Waals surface area (Å²) >= 11 is 4.28. The first kappa shape index (κ1) is 13.4. The van der Waals surface area contributed by atoms with Crippen molar-refractivity contribution in [2.24, 2.45) is 0 Å². The van der Waals surface area contributed by atoms with E-state index in [2.05, 4.69) is 17.4 Å². The predicted octanol–water partition coefficient (Wildman–Crippen LogP) is 1.38. The van der Waals surface area contributed by atoms with Gasteiger partial charge in [0, 0.05) is 23.9 Å². The second kappa shape index (κ2) is 5.33. The summed E-state index contributed by atoms with van der Waals surface area (Å²) in [5, 5.41) is 9.07. The lowest BCUT2D eigenvalue weighted by Crippen LogP contribution is -2.24. The van der Waals surface area contributed by atoms with Gasteiger partial charge in [0.1, 0.15) is 6.07 Å². The monoisotopic (exact) mass is 276 g/mol. The Labute approximate surface area is 116 Å². The van der Waals surface area contributed by atoms with Crippen molar-refractivity contribution in [3.05, 3.63) is 29.3 Å². The van der Waals surface area contributed by atoms with E-state index in [9.17, 15) is 9.59 Å². The van der Waals surface area contributed by atoms with Crippen LogP contribution in [-0.2, 0) is 9.53 Å². The molecule has 0 radical (unpaired) electrons. The average Bonchev–Trinajstić information content (AvgIpc) is 2.76. The first-order chi connectivity index (χ1) is 9.06. The molecule has 0 spiro atoms. The molecule has 0 aliphatic carbocycles. The van der Waals surface area contributed by atoms with Crippen LogP contribution in [0.15, 0.2) is 18.2 Å². The Morgan fingerprint density at radius 1 is 1.58 bits per heavy atom. The minimum Gasteiger partial charge on any atom is -0.465 e. The molecule has 0 saturated carbocycles. The van der Waals surface area contributed by atoms with Gasteiger partial charge in [-0.3, -0.25) is 4.79 Å². The van der Waals surface area contributed by atoms with E-state index in [1.54, 1.807) is 11.0 Å². The summed E-state index contributed by atoms with van der Waals surface area (Å²) in [5.74, 6) is -0.599. The van der Waals surface area contributed by atoms with Crippen molar-refractivity contribution in [2.45, 2.75) is 11.7 Å². The molecule has 1 aromatic rings. The third kappa shape index (κ3) is 2.56. The number of methoxy groups -OCH3 is 1. The second-order valence-electron chi connectivity index (χ2n) is 4.20. The van der Waals surface area contributed by atoms with Gasteiger partial charge in [-0.05, 0) is 18.2 Å². The molecule has 1 aliphatic heterocycles. The zero-order valence-corrected chi connectivity index (χ0v) is 11.2. The number of esters is 1. The van der Waals surface area contributed by atoms with Gasteiger partial charge < -0.3 is 9.64 Å². The van der Waals surface area contributed by atoms with Crippen LogP contribution in [0.25, 0.3) is 0 Å². The number of thiol groups is 1. The van der Waals surface area contributed by atoms with Gasteiger partial charge in [0.2, 0.25) is 5.91 Å². The Bertz CT molecular complexity index is 580. The van der Waals surface area contributed by atoms with E-state index >= 15 is 0 Å². The Balaban J connectivity index is 2.38. The van der Waals surface area contributed by atoms with E-state index in [0.717, 1.165) is 0 Å². The Hall–Kier alpha value is -2.00. The Kier molecular flexibility index (Phi) is 3.76. The van der Waals surface area contributed by atoms with Crippen LogP contribution in [-0.4, -0.2) is 30.8 Å². The summed E-state index contributed by atoms with van der Waals surface area (Å²) in [7, 11) is 1.26. The van der Waals surface area contributed by atoms with Gasteiger partial charge >= 0.3 is 5.97 Å². The summed E-state index contributed by atoms with van der Waals surface area (Å²) in [6.45, 7) is 0.504. The van der Waals surface area contributed by atoms with E-state index in [1.807, 2.05) is 6.07 Å². The van der Waals surface area contributed by atoms with Gasteiger partial charge in [0.25, 0.3) is 0 Å². The van der Waals surface area contributed by atoms with E-state index in [-0.39, 0.29) is 22.3 Å². The highest BCUT2D eigenvalue weighted by atomic mass is 32.1. The molecule has 1 unspecified atom stereocenters.